The van der Waals surface area contributed by atoms with E-state index in [1.807, 2.05) is 18.2 Å². The fourth-order valence-electron chi connectivity index (χ4n) is 5.20. The molecule has 4 aromatic rings. The number of H-pyrrole nitrogens is 1. The van der Waals surface area contributed by atoms with Gasteiger partial charge in [-0.3, -0.25) is 9.59 Å². The minimum Gasteiger partial charge on any atom is -0.457 e. The Bertz CT molecular complexity index is 1790. The number of ketones is 1. The van der Waals surface area contributed by atoms with E-state index in [9.17, 15) is 19.6 Å². The van der Waals surface area contributed by atoms with Crippen molar-refractivity contribution in [1.29, 1.82) is 5.26 Å². The minimum atomic E-state index is -0.810. The van der Waals surface area contributed by atoms with E-state index >= 15 is 0 Å². The van der Waals surface area contributed by atoms with Crippen molar-refractivity contribution in [1.82, 2.24) is 20.4 Å². The van der Waals surface area contributed by atoms with Crippen LogP contribution in [0.3, 0.4) is 0 Å². The fraction of sp³-hybridized carbons (Fsp3) is 0.303. The Morgan fingerprint density at radius 3 is 2.36 bits per heavy atom. The number of nitriles is 1. The lowest BCUT2D eigenvalue weighted by Gasteiger charge is -2.35. The maximum Gasteiger partial charge on any atom is 0.426 e. The summed E-state index contributed by atoms with van der Waals surface area (Å²) in [6, 6.07) is 15.8. The number of hydrogen-bond donors (Lipinski definition) is 2. The Hall–Kier alpha value is -4.59. The van der Waals surface area contributed by atoms with E-state index in [-0.39, 0.29) is 38.0 Å². The highest BCUT2D eigenvalue weighted by Gasteiger charge is 2.34. The summed E-state index contributed by atoms with van der Waals surface area (Å²) in [7, 11) is 0. The topological polar surface area (TPSA) is 137 Å². The minimum absolute atomic E-state index is 0.0172. The summed E-state index contributed by atoms with van der Waals surface area (Å²) in [6.45, 7) is 5.14. The monoisotopic (exact) mass is 647 g/mol. The molecule has 0 bridgehead atoms. The number of halogens is 2. The van der Waals surface area contributed by atoms with Gasteiger partial charge in [-0.25, -0.2) is 20.2 Å². The number of para-hydroxylation sites is 1. The average molecular weight is 649 g/mol. The van der Waals surface area contributed by atoms with E-state index in [1.54, 1.807) is 51.1 Å². The maximum atomic E-state index is 14.0. The summed E-state index contributed by atoms with van der Waals surface area (Å²) >= 11 is 13.4. The van der Waals surface area contributed by atoms with Gasteiger partial charge in [0.2, 0.25) is 0 Å². The van der Waals surface area contributed by atoms with E-state index in [0.29, 0.717) is 42.8 Å². The van der Waals surface area contributed by atoms with Crippen molar-refractivity contribution in [3.8, 4) is 17.6 Å². The number of rotatable bonds is 6. The van der Waals surface area contributed by atoms with Crippen LogP contribution >= 0.6 is 23.2 Å². The molecule has 0 saturated heterocycles. The molecule has 5 rings (SSSR count). The number of carbonyl (C=O) groups excluding carboxylic acids is 3. The highest BCUT2D eigenvalue weighted by atomic mass is 35.5. The summed E-state index contributed by atoms with van der Waals surface area (Å²) in [5.74, 6) is -0.117. The van der Waals surface area contributed by atoms with Crippen LogP contribution in [0.4, 0.5) is 4.79 Å². The third-order valence-corrected chi connectivity index (χ3v) is 8.06. The van der Waals surface area contributed by atoms with Crippen molar-refractivity contribution in [2.45, 2.75) is 58.1 Å². The number of amides is 2. The molecule has 1 aliphatic carbocycles. The molecule has 0 unspecified atom stereocenters. The Kier molecular flexibility index (Phi) is 9.32. The maximum absolute atomic E-state index is 14.0. The second-order valence-electron chi connectivity index (χ2n) is 11.7. The van der Waals surface area contributed by atoms with E-state index in [0.717, 1.165) is 0 Å². The highest BCUT2D eigenvalue weighted by Crippen LogP contribution is 2.35. The van der Waals surface area contributed by atoms with Crippen LogP contribution in [0.25, 0.3) is 11.0 Å². The van der Waals surface area contributed by atoms with Crippen molar-refractivity contribution in [2.75, 3.05) is 0 Å². The number of aromatic amines is 1. The number of nitrogens with one attached hydrogen (secondary N) is 2. The normalized spacial score (nSPS) is 16.4. The summed E-state index contributed by atoms with van der Waals surface area (Å²) in [5.41, 5.74) is 2.42. The molecule has 2 N–H and O–H groups in total. The number of hydrazine groups is 1. The summed E-state index contributed by atoms with van der Waals surface area (Å²) in [4.78, 5) is 47.8. The van der Waals surface area contributed by atoms with Gasteiger partial charge in [0.05, 0.1) is 33.3 Å². The Morgan fingerprint density at radius 1 is 1.00 bits per heavy atom. The van der Waals surface area contributed by atoms with Crippen LogP contribution in [-0.2, 0) is 4.74 Å². The van der Waals surface area contributed by atoms with Gasteiger partial charge >= 0.3 is 6.09 Å². The highest BCUT2D eigenvalue weighted by molar-refractivity contribution is 6.41. The third-order valence-electron chi connectivity index (χ3n) is 7.35. The Labute approximate surface area is 270 Å². The molecule has 10 nitrogen and oxygen atoms in total. The molecule has 2 aromatic carbocycles. The van der Waals surface area contributed by atoms with Crippen LogP contribution in [0.15, 0.2) is 60.9 Å². The lowest BCUT2D eigenvalue weighted by atomic mass is 9.86. The Morgan fingerprint density at radius 2 is 1.71 bits per heavy atom. The van der Waals surface area contributed by atoms with E-state index in [4.69, 9.17) is 32.7 Å². The van der Waals surface area contributed by atoms with Gasteiger partial charge in [-0.05, 0) is 70.7 Å². The van der Waals surface area contributed by atoms with Crippen molar-refractivity contribution in [3.63, 3.8) is 0 Å². The molecule has 1 saturated carbocycles. The molecular formula is C33H31Cl2N5O5. The van der Waals surface area contributed by atoms with E-state index in [1.165, 1.54) is 17.4 Å². The van der Waals surface area contributed by atoms with Crippen molar-refractivity contribution in [2.24, 2.45) is 5.92 Å². The molecule has 232 valence electrons. The zero-order valence-corrected chi connectivity index (χ0v) is 26.4. The first-order valence-electron chi connectivity index (χ1n) is 14.4. The van der Waals surface area contributed by atoms with Crippen LogP contribution in [0.2, 0.25) is 10.0 Å². The SMILES string of the molecule is CC(C)(C)OC(=O)NN(C(=O)c1cnc2[nH]cc(C(=O)c3ccc(Oc4ccccc4)cc3Cl)c2c1Cl)C1CCC(C#N)CC1. The molecule has 45 heavy (non-hydrogen) atoms. The van der Waals surface area contributed by atoms with Crippen LogP contribution in [-0.4, -0.2) is 44.4 Å². The molecule has 0 spiro atoms. The van der Waals surface area contributed by atoms with E-state index in [2.05, 4.69) is 21.5 Å². The van der Waals surface area contributed by atoms with Crippen LogP contribution < -0.4 is 10.2 Å². The van der Waals surface area contributed by atoms with Crippen LogP contribution in [0, 0.1) is 17.2 Å². The summed E-state index contributed by atoms with van der Waals surface area (Å²) in [6.07, 6.45) is 4.06. The first-order valence-corrected chi connectivity index (χ1v) is 15.2. The van der Waals surface area contributed by atoms with Gasteiger partial charge in [0, 0.05) is 35.3 Å². The number of hydrogen-bond acceptors (Lipinski definition) is 7. The van der Waals surface area contributed by atoms with Crippen LogP contribution in [0.5, 0.6) is 11.5 Å². The number of aromatic nitrogens is 2. The lowest BCUT2D eigenvalue weighted by molar-refractivity contribution is 0.0168. The Balaban J connectivity index is 1.45. The summed E-state index contributed by atoms with van der Waals surface area (Å²) in [5, 5.41) is 10.9. The molecule has 2 heterocycles. The van der Waals surface area contributed by atoms with Crippen LogP contribution in [0.1, 0.15) is 72.7 Å². The second kappa shape index (κ2) is 13.2. The fourth-order valence-corrected chi connectivity index (χ4v) is 5.78. The van der Waals surface area contributed by atoms with E-state index < -0.39 is 29.4 Å². The molecule has 2 aromatic heterocycles. The number of benzene rings is 2. The van der Waals surface area contributed by atoms with Crippen molar-refractivity contribution in [3.05, 3.63) is 87.7 Å². The van der Waals surface area contributed by atoms with Gasteiger partial charge < -0.3 is 14.5 Å². The molecule has 2 amide bonds. The van der Waals surface area contributed by atoms with Crippen molar-refractivity contribution < 1.29 is 23.9 Å². The standard InChI is InChI=1S/C33H31Cl2N5O5/c1-33(2,3)45-32(43)39-40(20-11-9-19(16-36)10-12-20)31(42)25-18-38-30-27(28(25)35)24(17-37-30)29(41)23-14-13-22(15-26(23)34)44-21-7-5-4-6-8-21/h4-8,13-15,17-20H,9-12H2,1-3H3,(H,37,38)(H,39,43). The number of ether oxygens (including phenoxy) is 2. The smallest absolute Gasteiger partial charge is 0.426 e. The third kappa shape index (κ3) is 7.22. The molecule has 12 heteroatoms. The number of carbonyl (C=O) groups is 3. The molecule has 1 aliphatic rings. The van der Waals surface area contributed by atoms with Gasteiger partial charge in [0.1, 0.15) is 22.7 Å². The first-order chi connectivity index (χ1) is 21.4. The van der Waals surface area contributed by atoms with Gasteiger partial charge in [0.25, 0.3) is 5.91 Å². The first kappa shape index (κ1) is 31.8. The van der Waals surface area contributed by atoms with Gasteiger partial charge in [-0.15, -0.1) is 0 Å². The average Bonchev–Trinajstić information content (AvgIpc) is 3.44. The van der Waals surface area contributed by atoms with Gasteiger partial charge in [0.15, 0.2) is 5.78 Å². The number of pyridine rings is 1. The second-order valence-corrected chi connectivity index (χ2v) is 12.5. The van der Waals surface area contributed by atoms with Gasteiger partial charge in [-0.2, -0.15) is 5.26 Å². The van der Waals surface area contributed by atoms with Crippen molar-refractivity contribution >= 4 is 52.0 Å². The molecule has 0 radical (unpaired) electrons. The zero-order valence-electron chi connectivity index (χ0n) is 24.9. The predicted octanol–water partition coefficient (Wildman–Crippen LogP) is 7.86. The molecule has 0 atom stereocenters. The molecule has 1 fully saturated rings. The zero-order chi connectivity index (χ0) is 32.3. The molecule has 0 aliphatic heterocycles. The molecular weight excluding hydrogens is 617 g/mol. The van der Waals surface area contributed by atoms with Gasteiger partial charge in [-0.1, -0.05) is 41.4 Å². The number of nitrogens with zero attached hydrogens (tertiary/aromatic N) is 3. The predicted molar refractivity (Wildman–Crippen MR) is 169 cm³/mol. The lowest BCUT2D eigenvalue weighted by Crippen LogP contribution is -2.54. The quantitative estimate of drug-likeness (QED) is 0.160. The largest absolute Gasteiger partial charge is 0.457 e. The number of fused-ring (bicyclic) bond motifs is 1. The summed E-state index contributed by atoms with van der Waals surface area (Å²) < 4.78 is 11.2.